The van der Waals surface area contributed by atoms with Gasteiger partial charge >= 0.3 is 0 Å². The summed E-state index contributed by atoms with van der Waals surface area (Å²) in [5.41, 5.74) is 0.378. The predicted molar refractivity (Wildman–Crippen MR) is 46.3 cm³/mol. The van der Waals surface area contributed by atoms with Gasteiger partial charge in [-0.2, -0.15) is 14.8 Å². The van der Waals surface area contributed by atoms with Gasteiger partial charge in [-0.15, -0.1) is 0 Å². The Morgan fingerprint density at radius 1 is 1.69 bits per heavy atom. The van der Waals surface area contributed by atoms with Crippen LogP contribution in [0, 0.1) is 23.2 Å². The molecule has 1 aromatic heterocycles. The molecule has 0 N–H and O–H groups in total. The summed E-state index contributed by atoms with van der Waals surface area (Å²) in [6.45, 7) is 4.54. The Bertz CT molecular complexity index is 322. The van der Waals surface area contributed by atoms with Gasteiger partial charge in [-0.1, -0.05) is 13.8 Å². The van der Waals surface area contributed by atoms with Crippen LogP contribution in [0.5, 0.6) is 0 Å². The molecule has 0 aromatic carbocycles. The van der Waals surface area contributed by atoms with Crippen LogP contribution in [0.2, 0.25) is 0 Å². The minimum atomic E-state index is -0.379. The van der Waals surface area contributed by atoms with Crippen LogP contribution in [0.1, 0.15) is 19.4 Å². The monoisotopic (exact) mass is 181 g/mol. The van der Waals surface area contributed by atoms with Crippen molar-refractivity contribution >= 4 is 0 Å². The first kappa shape index (κ1) is 9.72. The molecule has 4 heteroatoms. The van der Waals surface area contributed by atoms with Gasteiger partial charge in [-0.3, -0.25) is 0 Å². The van der Waals surface area contributed by atoms with Crippen molar-refractivity contribution in [3.63, 3.8) is 0 Å². The largest absolute Gasteiger partial charge is 0.239 e. The standard InChI is InChI=1S/C9H12FN3/c1-7(2)6-13-9(10)8(3-4-11)5-12-13/h5,7H,3,6H2,1-2H3. The zero-order chi connectivity index (χ0) is 9.84. The fourth-order valence-corrected chi connectivity index (χ4v) is 1.09. The molecule has 0 fully saturated rings. The third kappa shape index (κ3) is 2.28. The lowest BCUT2D eigenvalue weighted by Crippen LogP contribution is -2.08. The van der Waals surface area contributed by atoms with Crippen LogP contribution < -0.4 is 0 Å². The van der Waals surface area contributed by atoms with Crippen molar-refractivity contribution in [2.75, 3.05) is 0 Å². The number of rotatable bonds is 3. The summed E-state index contributed by atoms with van der Waals surface area (Å²) in [7, 11) is 0. The van der Waals surface area contributed by atoms with Crippen LogP contribution in [0.25, 0.3) is 0 Å². The van der Waals surface area contributed by atoms with Gasteiger partial charge in [-0.25, -0.2) is 4.68 Å². The quantitative estimate of drug-likeness (QED) is 0.712. The van der Waals surface area contributed by atoms with Crippen LogP contribution >= 0.6 is 0 Å². The summed E-state index contributed by atoms with van der Waals surface area (Å²) in [5, 5.41) is 12.2. The van der Waals surface area contributed by atoms with Gasteiger partial charge in [-0.05, 0) is 5.92 Å². The number of halogens is 1. The molecular weight excluding hydrogens is 169 g/mol. The van der Waals surface area contributed by atoms with E-state index in [1.54, 1.807) is 0 Å². The smallest absolute Gasteiger partial charge is 0.215 e. The van der Waals surface area contributed by atoms with Crippen LogP contribution in [0.4, 0.5) is 4.39 Å². The number of aromatic nitrogens is 2. The van der Waals surface area contributed by atoms with E-state index in [-0.39, 0.29) is 12.4 Å². The van der Waals surface area contributed by atoms with Crippen molar-refractivity contribution in [2.24, 2.45) is 5.92 Å². The van der Waals surface area contributed by atoms with E-state index in [9.17, 15) is 4.39 Å². The highest BCUT2D eigenvalue weighted by Gasteiger charge is 2.10. The molecule has 0 atom stereocenters. The first-order chi connectivity index (χ1) is 6.15. The normalized spacial score (nSPS) is 10.4. The van der Waals surface area contributed by atoms with E-state index >= 15 is 0 Å². The Hall–Kier alpha value is -1.37. The zero-order valence-electron chi connectivity index (χ0n) is 7.79. The van der Waals surface area contributed by atoms with Gasteiger partial charge in [0.15, 0.2) is 0 Å². The maximum Gasteiger partial charge on any atom is 0.215 e. The number of nitriles is 1. The molecule has 0 aliphatic rings. The Labute approximate surface area is 76.8 Å². The number of hydrogen-bond acceptors (Lipinski definition) is 2. The van der Waals surface area contributed by atoms with Gasteiger partial charge in [0, 0.05) is 12.1 Å². The Morgan fingerprint density at radius 2 is 2.38 bits per heavy atom. The summed E-state index contributed by atoms with van der Waals surface area (Å²) < 4.78 is 14.6. The van der Waals surface area contributed by atoms with Gasteiger partial charge in [0.1, 0.15) is 0 Å². The SMILES string of the molecule is CC(C)Cn1ncc(CC#N)c1F. The highest BCUT2D eigenvalue weighted by atomic mass is 19.1. The molecule has 1 aromatic rings. The van der Waals surface area contributed by atoms with Crippen molar-refractivity contribution in [2.45, 2.75) is 26.8 Å². The molecule has 0 unspecified atom stereocenters. The second-order valence-corrected chi connectivity index (χ2v) is 3.37. The molecule has 0 saturated carbocycles. The molecule has 3 nitrogen and oxygen atoms in total. The fourth-order valence-electron chi connectivity index (χ4n) is 1.09. The van der Waals surface area contributed by atoms with Gasteiger partial charge in [0.2, 0.25) is 5.95 Å². The van der Waals surface area contributed by atoms with Crippen molar-refractivity contribution in [1.29, 1.82) is 5.26 Å². The van der Waals surface area contributed by atoms with Crippen molar-refractivity contribution < 1.29 is 4.39 Å². The maximum atomic E-state index is 13.3. The van der Waals surface area contributed by atoms with Crippen LogP contribution in [0.3, 0.4) is 0 Å². The predicted octanol–water partition coefficient (Wildman–Crippen LogP) is 1.74. The number of nitrogens with zero attached hydrogens (tertiary/aromatic N) is 3. The molecule has 1 rings (SSSR count). The topological polar surface area (TPSA) is 41.6 Å². The van der Waals surface area contributed by atoms with E-state index in [0.29, 0.717) is 18.0 Å². The first-order valence-corrected chi connectivity index (χ1v) is 4.22. The lowest BCUT2D eigenvalue weighted by Gasteiger charge is -2.04. The van der Waals surface area contributed by atoms with E-state index in [2.05, 4.69) is 5.10 Å². The molecule has 0 amide bonds. The second kappa shape index (κ2) is 4.04. The Morgan fingerprint density at radius 3 is 2.92 bits per heavy atom. The summed E-state index contributed by atoms with van der Waals surface area (Å²) >= 11 is 0. The zero-order valence-corrected chi connectivity index (χ0v) is 7.79. The minimum Gasteiger partial charge on any atom is -0.239 e. The van der Waals surface area contributed by atoms with Gasteiger partial charge in [0.05, 0.1) is 18.7 Å². The van der Waals surface area contributed by atoms with Gasteiger partial charge < -0.3 is 0 Å². The van der Waals surface area contributed by atoms with E-state index in [4.69, 9.17) is 5.26 Å². The minimum absolute atomic E-state index is 0.0872. The average molecular weight is 181 g/mol. The summed E-state index contributed by atoms with van der Waals surface area (Å²) in [4.78, 5) is 0. The third-order valence-electron chi connectivity index (χ3n) is 1.65. The van der Waals surface area contributed by atoms with Crippen LogP contribution in [-0.4, -0.2) is 9.78 Å². The molecule has 0 bridgehead atoms. The molecule has 0 saturated heterocycles. The summed E-state index contributed by atoms with van der Waals surface area (Å²) in [6, 6.07) is 1.90. The molecule has 0 spiro atoms. The molecule has 0 aliphatic heterocycles. The van der Waals surface area contributed by atoms with Gasteiger partial charge in [0.25, 0.3) is 0 Å². The Kier molecular flexibility index (Phi) is 3.02. The molecule has 0 aliphatic carbocycles. The first-order valence-electron chi connectivity index (χ1n) is 4.22. The summed E-state index contributed by atoms with van der Waals surface area (Å²) in [5.74, 6) is -0.0282. The maximum absolute atomic E-state index is 13.3. The van der Waals surface area contributed by atoms with Crippen LogP contribution in [-0.2, 0) is 13.0 Å². The van der Waals surface area contributed by atoms with Crippen LogP contribution in [0.15, 0.2) is 6.20 Å². The number of hydrogen-bond donors (Lipinski definition) is 0. The van der Waals surface area contributed by atoms with E-state index in [1.807, 2.05) is 19.9 Å². The molecule has 70 valence electrons. The van der Waals surface area contributed by atoms with Crippen molar-refractivity contribution in [1.82, 2.24) is 9.78 Å². The van der Waals surface area contributed by atoms with E-state index < -0.39 is 0 Å². The van der Waals surface area contributed by atoms with Crippen molar-refractivity contribution in [3.05, 3.63) is 17.7 Å². The lowest BCUT2D eigenvalue weighted by molar-refractivity contribution is 0.399. The molecule has 0 radical (unpaired) electrons. The van der Waals surface area contributed by atoms with Crippen molar-refractivity contribution in [3.8, 4) is 6.07 Å². The molecule has 13 heavy (non-hydrogen) atoms. The summed E-state index contributed by atoms with van der Waals surface area (Å²) in [6.07, 6.45) is 1.50. The highest BCUT2D eigenvalue weighted by Crippen LogP contribution is 2.08. The second-order valence-electron chi connectivity index (χ2n) is 3.37. The lowest BCUT2D eigenvalue weighted by atomic mass is 10.2. The fraction of sp³-hybridized carbons (Fsp3) is 0.556. The third-order valence-corrected chi connectivity index (χ3v) is 1.65. The molecular formula is C9H12FN3. The van der Waals surface area contributed by atoms with E-state index in [0.717, 1.165) is 0 Å². The molecule has 1 heterocycles. The Balaban J connectivity index is 2.81. The van der Waals surface area contributed by atoms with E-state index in [1.165, 1.54) is 10.9 Å². The highest BCUT2D eigenvalue weighted by molar-refractivity contribution is 5.11. The average Bonchev–Trinajstić information content (AvgIpc) is 2.36.